The van der Waals surface area contributed by atoms with Gasteiger partial charge in [-0.1, -0.05) is 30.3 Å². The summed E-state index contributed by atoms with van der Waals surface area (Å²) in [7, 11) is 0. The molecule has 1 aromatic carbocycles. The Bertz CT molecular complexity index is 642. The molecule has 0 aliphatic rings. The first-order valence-electron chi connectivity index (χ1n) is 8.07. The summed E-state index contributed by atoms with van der Waals surface area (Å²) in [6, 6.07) is 8.78. The van der Waals surface area contributed by atoms with Crippen LogP contribution in [-0.2, 0) is 0 Å². The van der Waals surface area contributed by atoms with Crippen molar-refractivity contribution in [2.75, 3.05) is 6.54 Å². The van der Waals surface area contributed by atoms with Gasteiger partial charge in [-0.05, 0) is 38.3 Å². The van der Waals surface area contributed by atoms with Gasteiger partial charge >= 0.3 is 6.03 Å². The Morgan fingerprint density at radius 3 is 2.62 bits per heavy atom. The molecule has 0 aliphatic carbocycles. The summed E-state index contributed by atoms with van der Waals surface area (Å²) >= 11 is 0. The van der Waals surface area contributed by atoms with Crippen molar-refractivity contribution in [3.63, 3.8) is 0 Å². The molecule has 7 heteroatoms. The van der Waals surface area contributed by atoms with Crippen LogP contribution in [0.2, 0.25) is 0 Å². The third kappa shape index (κ3) is 5.34. The van der Waals surface area contributed by atoms with E-state index in [4.69, 9.17) is 4.52 Å². The van der Waals surface area contributed by atoms with Crippen LogP contribution < -0.4 is 10.6 Å². The van der Waals surface area contributed by atoms with Gasteiger partial charge < -0.3 is 20.3 Å². The molecule has 3 N–H and O–H groups in total. The van der Waals surface area contributed by atoms with Crippen LogP contribution in [0.3, 0.4) is 0 Å². The Balaban J connectivity index is 1.85. The standard InChI is InChI=1S/C17H24N4O3/c1-11(9-12(2)22)10-18-17(23)19-13(3)15-20-16(24-21-15)14-7-5-4-6-8-14/h4-8,11-13,22H,9-10H2,1-3H3,(H2,18,19,23). The molecule has 1 aromatic heterocycles. The maximum Gasteiger partial charge on any atom is 0.315 e. The van der Waals surface area contributed by atoms with Crippen molar-refractivity contribution in [3.05, 3.63) is 36.2 Å². The maximum absolute atomic E-state index is 11.9. The van der Waals surface area contributed by atoms with Gasteiger partial charge in [-0.25, -0.2) is 4.79 Å². The molecule has 0 saturated carbocycles. The average molecular weight is 332 g/mol. The first kappa shape index (κ1) is 17.9. The number of hydrogen-bond acceptors (Lipinski definition) is 5. The van der Waals surface area contributed by atoms with Gasteiger partial charge in [0.15, 0.2) is 5.82 Å². The van der Waals surface area contributed by atoms with Crippen molar-refractivity contribution in [3.8, 4) is 11.5 Å². The summed E-state index contributed by atoms with van der Waals surface area (Å²) in [4.78, 5) is 16.2. The van der Waals surface area contributed by atoms with Gasteiger partial charge in [-0.15, -0.1) is 0 Å². The van der Waals surface area contributed by atoms with Crippen LogP contribution in [0, 0.1) is 5.92 Å². The topological polar surface area (TPSA) is 100 Å². The second-order valence-electron chi connectivity index (χ2n) is 6.09. The van der Waals surface area contributed by atoms with E-state index in [2.05, 4.69) is 20.8 Å². The number of carbonyl (C=O) groups excluding carboxylic acids is 1. The molecule has 3 unspecified atom stereocenters. The lowest BCUT2D eigenvalue weighted by Gasteiger charge is -2.16. The second kappa shape index (κ2) is 8.44. The van der Waals surface area contributed by atoms with E-state index >= 15 is 0 Å². The van der Waals surface area contributed by atoms with Crippen molar-refractivity contribution in [2.24, 2.45) is 5.92 Å². The van der Waals surface area contributed by atoms with Crippen LogP contribution in [0.25, 0.3) is 11.5 Å². The molecule has 7 nitrogen and oxygen atoms in total. The Labute approximate surface area is 141 Å². The molecule has 0 bridgehead atoms. The summed E-state index contributed by atoms with van der Waals surface area (Å²) in [5.74, 6) is 1.03. The molecule has 3 atom stereocenters. The molecule has 0 fully saturated rings. The summed E-state index contributed by atoms with van der Waals surface area (Å²) in [6.07, 6.45) is 0.265. The highest BCUT2D eigenvalue weighted by molar-refractivity contribution is 5.74. The quantitative estimate of drug-likeness (QED) is 0.723. The van der Waals surface area contributed by atoms with Gasteiger partial charge in [0.25, 0.3) is 5.89 Å². The van der Waals surface area contributed by atoms with Crippen LogP contribution in [0.15, 0.2) is 34.9 Å². The third-order valence-corrected chi connectivity index (χ3v) is 3.55. The zero-order valence-corrected chi connectivity index (χ0v) is 14.2. The number of urea groups is 1. The molecule has 1 heterocycles. The number of rotatable bonds is 7. The highest BCUT2D eigenvalue weighted by Gasteiger charge is 2.17. The highest BCUT2D eigenvalue weighted by Crippen LogP contribution is 2.18. The van der Waals surface area contributed by atoms with E-state index in [1.54, 1.807) is 13.8 Å². The minimum atomic E-state index is -0.377. The fourth-order valence-corrected chi connectivity index (χ4v) is 2.35. The minimum Gasteiger partial charge on any atom is -0.393 e. The van der Waals surface area contributed by atoms with Crippen molar-refractivity contribution >= 4 is 6.03 Å². The van der Waals surface area contributed by atoms with E-state index in [1.165, 1.54) is 0 Å². The zero-order chi connectivity index (χ0) is 17.5. The Morgan fingerprint density at radius 2 is 1.96 bits per heavy atom. The van der Waals surface area contributed by atoms with E-state index in [0.717, 1.165) is 5.56 Å². The smallest absolute Gasteiger partial charge is 0.315 e. The fourth-order valence-electron chi connectivity index (χ4n) is 2.35. The highest BCUT2D eigenvalue weighted by atomic mass is 16.5. The molecule has 2 amide bonds. The van der Waals surface area contributed by atoms with Crippen LogP contribution in [0.4, 0.5) is 4.79 Å². The first-order valence-corrected chi connectivity index (χ1v) is 8.07. The average Bonchev–Trinajstić information content (AvgIpc) is 3.03. The number of aromatic nitrogens is 2. The van der Waals surface area contributed by atoms with Gasteiger partial charge in [-0.2, -0.15) is 4.98 Å². The summed E-state index contributed by atoms with van der Waals surface area (Å²) in [5.41, 5.74) is 0.833. The van der Waals surface area contributed by atoms with Gasteiger partial charge in [0.2, 0.25) is 0 Å². The number of amides is 2. The normalized spacial score (nSPS) is 14.7. The molecule has 0 saturated heterocycles. The van der Waals surface area contributed by atoms with Crippen LogP contribution in [0.1, 0.15) is 39.1 Å². The van der Waals surface area contributed by atoms with E-state index < -0.39 is 0 Å². The van der Waals surface area contributed by atoms with Gasteiger partial charge in [0.05, 0.1) is 12.1 Å². The van der Waals surface area contributed by atoms with Crippen LogP contribution in [0.5, 0.6) is 0 Å². The lowest BCUT2D eigenvalue weighted by Crippen LogP contribution is -2.39. The number of aliphatic hydroxyl groups excluding tert-OH is 1. The molecular weight excluding hydrogens is 308 g/mol. The van der Waals surface area contributed by atoms with Crippen molar-refractivity contribution in [1.82, 2.24) is 20.8 Å². The molecule has 0 spiro atoms. The van der Waals surface area contributed by atoms with Crippen LogP contribution >= 0.6 is 0 Å². The number of hydrogen-bond donors (Lipinski definition) is 3. The number of benzene rings is 1. The van der Waals surface area contributed by atoms with Crippen molar-refractivity contribution in [1.29, 1.82) is 0 Å². The molecule has 0 radical (unpaired) electrons. The zero-order valence-electron chi connectivity index (χ0n) is 14.2. The first-order chi connectivity index (χ1) is 11.5. The second-order valence-corrected chi connectivity index (χ2v) is 6.09. The Kier molecular flexibility index (Phi) is 6.31. The molecule has 130 valence electrons. The molecule has 2 aromatic rings. The maximum atomic E-state index is 11.9. The van der Waals surface area contributed by atoms with Crippen LogP contribution in [-0.4, -0.2) is 33.9 Å². The monoisotopic (exact) mass is 332 g/mol. The van der Waals surface area contributed by atoms with Gasteiger partial charge in [0, 0.05) is 12.1 Å². The molecule has 24 heavy (non-hydrogen) atoms. The summed E-state index contributed by atoms with van der Waals surface area (Å²) in [5, 5.41) is 18.8. The van der Waals surface area contributed by atoms with E-state index in [1.807, 2.05) is 37.3 Å². The van der Waals surface area contributed by atoms with E-state index in [-0.39, 0.29) is 24.1 Å². The SMILES string of the molecule is CC(O)CC(C)CNC(=O)NC(C)c1noc(-c2ccccc2)n1. The largest absolute Gasteiger partial charge is 0.393 e. The predicted octanol–water partition coefficient (Wildman–Crippen LogP) is 2.50. The van der Waals surface area contributed by atoms with Gasteiger partial charge in [0.1, 0.15) is 0 Å². The summed E-state index contributed by atoms with van der Waals surface area (Å²) in [6.45, 7) is 5.99. The van der Waals surface area contributed by atoms with Crippen molar-refractivity contribution in [2.45, 2.75) is 39.3 Å². The predicted molar refractivity (Wildman–Crippen MR) is 90.1 cm³/mol. The molecular formula is C17H24N4O3. The Hall–Kier alpha value is -2.41. The van der Waals surface area contributed by atoms with Crippen molar-refractivity contribution < 1.29 is 14.4 Å². The van der Waals surface area contributed by atoms with E-state index in [9.17, 15) is 9.90 Å². The third-order valence-electron chi connectivity index (χ3n) is 3.55. The number of nitrogens with one attached hydrogen (secondary N) is 2. The Morgan fingerprint density at radius 1 is 1.25 bits per heavy atom. The lowest BCUT2D eigenvalue weighted by atomic mass is 10.1. The number of nitrogens with zero attached hydrogens (tertiary/aromatic N) is 2. The van der Waals surface area contributed by atoms with E-state index in [0.29, 0.717) is 24.7 Å². The molecule has 0 aliphatic heterocycles. The van der Waals surface area contributed by atoms with Gasteiger partial charge in [-0.3, -0.25) is 0 Å². The lowest BCUT2D eigenvalue weighted by molar-refractivity contribution is 0.163. The number of aliphatic hydroxyl groups is 1. The number of carbonyl (C=O) groups is 1. The minimum absolute atomic E-state index is 0.195. The fraction of sp³-hybridized carbons (Fsp3) is 0.471. The summed E-state index contributed by atoms with van der Waals surface area (Å²) < 4.78 is 5.23. The molecule has 2 rings (SSSR count).